The van der Waals surface area contributed by atoms with Gasteiger partial charge in [0.25, 0.3) is 0 Å². The van der Waals surface area contributed by atoms with Crippen molar-refractivity contribution in [3.63, 3.8) is 0 Å². The number of hydrogen-bond acceptors (Lipinski definition) is 3. The van der Waals surface area contributed by atoms with Gasteiger partial charge in [-0.05, 0) is 51.4 Å². The van der Waals surface area contributed by atoms with Crippen LogP contribution in [0.5, 0.6) is 0 Å². The van der Waals surface area contributed by atoms with Crippen LogP contribution in [-0.2, 0) is 9.47 Å². The molecule has 0 spiro atoms. The minimum atomic E-state index is -0.380. The summed E-state index contributed by atoms with van der Waals surface area (Å²) < 4.78 is 11.4. The molecule has 0 aromatic heterocycles. The third kappa shape index (κ3) is 3.25. The Morgan fingerprint density at radius 1 is 1.11 bits per heavy atom. The van der Waals surface area contributed by atoms with Crippen LogP contribution in [-0.4, -0.2) is 31.1 Å². The van der Waals surface area contributed by atoms with E-state index < -0.39 is 0 Å². The van der Waals surface area contributed by atoms with Crippen LogP contribution in [0.1, 0.15) is 52.4 Å². The third-order valence-corrected chi connectivity index (χ3v) is 4.70. The highest BCUT2D eigenvalue weighted by molar-refractivity contribution is 4.88. The molecule has 104 valence electrons. The van der Waals surface area contributed by atoms with Crippen LogP contribution in [0, 0.1) is 11.8 Å². The molecule has 3 heteroatoms. The van der Waals surface area contributed by atoms with Crippen molar-refractivity contribution in [2.75, 3.05) is 13.2 Å². The lowest BCUT2D eigenvalue weighted by Crippen LogP contribution is -2.40. The Kier molecular flexibility index (Phi) is 3.65. The molecule has 18 heavy (non-hydrogen) atoms. The molecule has 2 saturated carbocycles. The topological polar surface area (TPSA) is 30.5 Å². The maximum Gasteiger partial charge on any atom is 0.163 e. The van der Waals surface area contributed by atoms with Gasteiger partial charge in [-0.1, -0.05) is 12.8 Å². The van der Waals surface area contributed by atoms with E-state index in [1.807, 2.05) is 13.8 Å². The largest absolute Gasteiger partial charge is 0.348 e. The summed E-state index contributed by atoms with van der Waals surface area (Å²) in [7, 11) is 0. The first-order valence-corrected chi connectivity index (χ1v) is 7.67. The monoisotopic (exact) mass is 253 g/mol. The highest BCUT2D eigenvalue weighted by Gasteiger charge is 2.36. The zero-order valence-electron chi connectivity index (χ0n) is 11.8. The second-order valence-electron chi connectivity index (χ2n) is 6.82. The minimum absolute atomic E-state index is 0.237. The molecule has 2 aliphatic carbocycles. The molecule has 0 bridgehead atoms. The Hall–Kier alpha value is -0.120. The Bertz CT molecular complexity index is 288. The van der Waals surface area contributed by atoms with Crippen molar-refractivity contribution < 1.29 is 9.47 Å². The molecule has 3 atom stereocenters. The van der Waals surface area contributed by atoms with E-state index in [0.29, 0.717) is 0 Å². The zero-order valence-corrected chi connectivity index (χ0v) is 11.8. The summed E-state index contributed by atoms with van der Waals surface area (Å²) in [6.07, 6.45) is 8.84. The SMILES string of the molecule is CC1(C)OCC(CNC2CCCC(C3CC3)C2)O1. The second kappa shape index (κ2) is 5.10. The standard InChI is InChI=1S/C15H27NO2/c1-15(2)17-10-14(18-15)9-16-13-5-3-4-12(8-13)11-6-7-11/h11-14,16H,3-10H2,1-2H3. The van der Waals surface area contributed by atoms with Crippen molar-refractivity contribution in [1.29, 1.82) is 0 Å². The van der Waals surface area contributed by atoms with E-state index in [-0.39, 0.29) is 11.9 Å². The van der Waals surface area contributed by atoms with Crippen LogP contribution in [0.25, 0.3) is 0 Å². The summed E-state index contributed by atoms with van der Waals surface area (Å²) in [5.41, 5.74) is 0. The summed E-state index contributed by atoms with van der Waals surface area (Å²) in [5.74, 6) is 1.70. The average molecular weight is 253 g/mol. The number of hydrogen-bond donors (Lipinski definition) is 1. The van der Waals surface area contributed by atoms with Gasteiger partial charge in [0.1, 0.15) is 0 Å². The summed E-state index contributed by atoms with van der Waals surface area (Å²) >= 11 is 0. The molecular formula is C15H27NO2. The van der Waals surface area contributed by atoms with E-state index in [4.69, 9.17) is 9.47 Å². The van der Waals surface area contributed by atoms with Crippen LogP contribution in [0.2, 0.25) is 0 Å². The molecule has 1 saturated heterocycles. The third-order valence-electron chi connectivity index (χ3n) is 4.70. The molecule has 3 rings (SSSR count). The van der Waals surface area contributed by atoms with Gasteiger partial charge in [-0.25, -0.2) is 0 Å². The van der Waals surface area contributed by atoms with Crippen LogP contribution < -0.4 is 5.32 Å². The fourth-order valence-electron chi connectivity index (χ4n) is 3.57. The van der Waals surface area contributed by atoms with Gasteiger partial charge in [0.15, 0.2) is 5.79 Å². The molecular weight excluding hydrogens is 226 g/mol. The van der Waals surface area contributed by atoms with E-state index in [9.17, 15) is 0 Å². The van der Waals surface area contributed by atoms with Gasteiger partial charge in [0, 0.05) is 12.6 Å². The molecule has 0 aromatic rings. The quantitative estimate of drug-likeness (QED) is 0.835. The van der Waals surface area contributed by atoms with Gasteiger partial charge in [-0.3, -0.25) is 0 Å². The van der Waals surface area contributed by atoms with Crippen LogP contribution >= 0.6 is 0 Å². The Morgan fingerprint density at radius 2 is 1.94 bits per heavy atom. The van der Waals surface area contributed by atoms with Crippen molar-refractivity contribution in [1.82, 2.24) is 5.32 Å². The average Bonchev–Trinajstić information content (AvgIpc) is 3.13. The van der Waals surface area contributed by atoms with E-state index in [2.05, 4.69) is 5.32 Å². The Morgan fingerprint density at radius 3 is 2.61 bits per heavy atom. The van der Waals surface area contributed by atoms with Gasteiger partial charge in [0.2, 0.25) is 0 Å². The first kappa shape index (κ1) is 12.9. The van der Waals surface area contributed by atoms with Gasteiger partial charge in [0.05, 0.1) is 12.7 Å². The highest BCUT2D eigenvalue weighted by atomic mass is 16.7. The minimum Gasteiger partial charge on any atom is -0.348 e. The molecule has 3 fully saturated rings. The molecule has 0 amide bonds. The van der Waals surface area contributed by atoms with E-state index in [1.54, 1.807) is 0 Å². The lowest BCUT2D eigenvalue weighted by atomic mass is 9.82. The molecule has 1 N–H and O–H groups in total. The fraction of sp³-hybridized carbons (Fsp3) is 1.00. The van der Waals surface area contributed by atoms with Gasteiger partial charge >= 0.3 is 0 Å². The molecule has 3 unspecified atom stereocenters. The maximum absolute atomic E-state index is 5.84. The highest BCUT2D eigenvalue weighted by Crippen LogP contribution is 2.43. The number of rotatable bonds is 4. The van der Waals surface area contributed by atoms with Crippen molar-refractivity contribution >= 4 is 0 Å². The van der Waals surface area contributed by atoms with E-state index in [0.717, 1.165) is 31.0 Å². The van der Waals surface area contributed by atoms with Crippen molar-refractivity contribution in [3.8, 4) is 0 Å². The first-order chi connectivity index (χ1) is 8.62. The number of nitrogens with one attached hydrogen (secondary N) is 1. The molecule has 1 aliphatic heterocycles. The van der Waals surface area contributed by atoms with Crippen molar-refractivity contribution in [3.05, 3.63) is 0 Å². The van der Waals surface area contributed by atoms with Crippen molar-refractivity contribution in [2.45, 2.75) is 70.3 Å². The summed E-state index contributed by atoms with van der Waals surface area (Å²) in [5, 5.41) is 3.71. The normalized spacial score (nSPS) is 40.0. The molecule has 3 nitrogen and oxygen atoms in total. The predicted octanol–water partition coefficient (Wildman–Crippen LogP) is 2.70. The molecule has 0 aromatic carbocycles. The van der Waals surface area contributed by atoms with Crippen LogP contribution in [0.4, 0.5) is 0 Å². The van der Waals surface area contributed by atoms with Crippen LogP contribution in [0.3, 0.4) is 0 Å². The smallest absolute Gasteiger partial charge is 0.163 e. The lowest BCUT2D eigenvalue weighted by Gasteiger charge is -2.30. The van der Waals surface area contributed by atoms with Gasteiger partial charge in [-0.15, -0.1) is 0 Å². The van der Waals surface area contributed by atoms with E-state index >= 15 is 0 Å². The first-order valence-electron chi connectivity index (χ1n) is 7.67. The molecule has 0 radical (unpaired) electrons. The van der Waals surface area contributed by atoms with Crippen LogP contribution in [0.15, 0.2) is 0 Å². The lowest BCUT2D eigenvalue weighted by molar-refractivity contribution is -0.138. The Balaban J connectivity index is 1.40. The Labute approximate surface area is 111 Å². The van der Waals surface area contributed by atoms with Crippen molar-refractivity contribution in [2.24, 2.45) is 11.8 Å². The van der Waals surface area contributed by atoms with Gasteiger partial charge in [-0.2, -0.15) is 0 Å². The second-order valence-corrected chi connectivity index (χ2v) is 6.82. The molecule has 1 heterocycles. The zero-order chi connectivity index (χ0) is 12.6. The summed E-state index contributed by atoms with van der Waals surface area (Å²) in [6.45, 7) is 5.68. The number of ether oxygens (including phenoxy) is 2. The summed E-state index contributed by atoms with van der Waals surface area (Å²) in [4.78, 5) is 0. The van der Waals surface area contributed by atoms with E-state index in [1.165, 1.54) is 38.5 Å². The fourth-order valence-corrected chi connectivity index (χ4v) is 3.57. The maximum atomic E-state index is 5.84. The van der Waals surface area contributed by atoms with Gasteiger partial charge < -0.3 is 14.8 Å². The molecule has 3 aliphatic rings. The predicted molar refractivity (Wildman–Crippen MR) is 71.4 cm³/mol. The summed E-state index contributed by atoms with van der Waals surface area (Å²) in [6, 6.07) is 0.719.